The van der Waals surface area contributed by atoms with Crippen molar-refractivity contribution in [2.45, 2.75) is 25.8 Å². The van der Waals surface area contributed by atoms with E-state index < -0.39 is 0 Å². The molecule has 2 rings (SSSR count). The summed E-state index contributed by atoms with van der Waals surface area (Å²) >= 11 is 0. The van der Waals surface area contributed by atoms with Crippen LogP contribution in [0.1, 0.15) is 18.9 Å². The first-order valence-corrected chi connectivity index (χ1v) is 7.90. The molecule has 0 spiro atoms. The number of carbonyl (C=O) groups excluding carboxylic acids is 1. The van der Waals surface area contributed by atoms with Gasteiger partial charge in [-0.05, 0) is 25.0 Å². The number of hydrogen-bond acceptors (Lipinski definition) is 5. The lowest BCUT2D eigenvalue weighted by Crippen LogP contribution is -2.52. The van der Waals surface area contributed by atoms with E-state index in [0.29, 0.717) is 30.1 Å². The number of benzene rings is 1. The predicted molar refractivity (Wildman–Crippen MR) is 88.5 cm³/mol. The van der Waals surface area contributed by atoms with Crippen molar-refractivity contribution in [1.82, 2.24) is 10.2 Å². The summed E-state index contributed by atoms with van der Waals surface area (Å²) in [6, 6.07) is 4.01. The molecule has 128 valence electrons. The average Bonchev–Trinajstić information content (AvgIpc) is 2.58. The molecule has 1 heterocycles. The largest absolute Gasteiger partial charge is 0.493 e. The van der Waals surface area contributed by atoms with Crippen LogP contribution < -0.4 is 19.5 Å². The van der Waals surface area contributed by atoms with Crippen molar-refractivity contribution in [3.63, 3.8) is 0 Å². The second-order valence-corrected chi connectivity index (χ2v) is 5.63. The van der Waals surface area contributed by atoms with Gasteiger partial charge in [-0.25, -0.2) is 0 Å². The van der Waals surface area contributed by atoms with Crippen molar-refractivity contribution < 1.29 is 19.0 Å². The molecule has 1 amide bonds. The Morgan fingerprint density at radius 1 is 1.22 bits per heavy atom. The molecule has 1 aromatic rings. The molecule has 1 unspecified atom stereocenters. The Hall–Kier alpha value is -1.95. The van der Waals surface area contributed by atoms with Crippen LogP contribution in [0.2, 0.25) is 0 Å². The van der Waals surface area contributed by atoms with Crippen LogP contribution in [0.15, 0.2) is 12.1 Å². The van der Waals surface area contributed by atoms with Crippen molar-refractivity contribution in [1.29, 1.82) is 0 Å². The maximum Gasteiger partial charge on any atom is 0.223 e. The minimum Gasteiger partial charge on any atom is -0.493 e. The van der Waals surface area contributed by atoms with E-state index in [1.54, 1.807) is 21.3 Å². The molecule has 1 aliphatic rings. The quantitative estimate of drug-likeness (QED) is 0.859. The Bertz CT molecular complexity index is 548. The van der Waals surface area contributed by atoms with Crippen molar-refractivity contribution in [3.05, 3.63) is 17.7 Å². The lowest BCUT2D eigenvalue weighted by atomic mass is 10.1. The molecular weight excluding hydrogens is 296 g/mol. The molecule has 1 atom stereocenters. The molecule has 0 radical (unpaired) electrons. The molecule has 1 fully saturated rings. The van der Waals surface area contributed by atoms with Crippen LogP contribution in [0.5, 0.6) is 17.2 Å². The van der Waals surface area contributed by atoms with Gasteiger partial charge in [-0.3, -0.25) is 4.79 Å². The second-order valence-electron chi connectivity index (χ2n) is 5.63. The molecule has 0 saturated carbocycles. The van der Waals surface area contributed by atoms with Gasteiger partial charge in [0.05, 0.1) is 21.3 Å². The average molecular weight is 322 g/mol. The first-order valence-electron chi connectivity index (χ1n) is 7.90. The van der Waals surface area contributed by atoms with Crippen molar-refractivity contribution >= 4 is 5.91 Å². The summed E-state index contributed by atoms with van der Waals surface area (Å²) in [6.45, 7) is 4.55. The van der Waals surface area contributed by atoms with Gasteiger partial charge < -0.3 is 24.4 Å². The van der Waals surface area contributed by atoms with Gasteiger partial charge in [-0.15, -0.1) is 0 Å². The SMILES string of the molecule is COc1ccc(CCC(=O)N2CCNCC2C)c(OC)c1OC. The molecule has 1 N–H and O–H groups in total. The van der Waals surface area contributed by atoms with Crippen LogP contribution in [-0.2, 0) is 11.2 Å². The first kappa shape index (κ1) is 17.4. The molecule has 0 bridgehead atoms. The lowest BCUT2D eigenvalue weighted by molar-refractivity contribution is -0.133. The van der Waals surface area contributed by atoms with E-state index in [2.05, 4.69) is 12.2 Å². The molecule has 1 aliphatic heterocycles. The number of nitrogens with one attached hydrogen (secondary N) is 1. The number of rotatable bonds is 6. The monoisotopic (exact) mass is 322 g/mol. The number of nitrogens with zero attached hydrogens (tertiary/aromatic N) is 1. The van der Waals surface area contributed by atoms with E-state index in [4.69, 9.17) is 14.2 Å². The zero-order valence-corrected chi connectivity index (χ0v) is 14.3. The minimum absolute atomic E-state index is 0.177. The van der Waals surface area contributed by atoms with Crippen LogP contribution in [-0.4, -0.2) is 57.8 Å². The number of aryl methyl sites for hydroxylation is 1. The topological polar surface area (TPSA) is 60.0 Å². The van der Waals surface area contributed by atoms with Crippen molar-refractivity contribution in [2.24, 2.45) is 0 Å². The van der Waals surface area contributed by atoms with Crippen LogP contribution in [0.4, 0.5) is 0 Å². The molecule has 6 heteroatoms. The standard InChI is InChI=1S/C17H26N2O4/c1-12-11-18-9-10-19(12)15(20)8-6-13-5-7-14(21-2)17(23-4)16(13)22-3/h5,7,12,18H,6,8-11H2,1-4H3. The zero-order chi connectivity index (χ0) is 16.8. The smallest absolute Gasteiger partial charge is 0.223 e. The molecular formula is C17H26N2O4. The molecule has 0 aromatic heterocycles. The third-order valence-electron chi connectivity index (χ3n) is 4.22. The van der Waals surface area contributed by atoms with Gasteiger partial charge in [0.2, 0.25) is 11.7 Å². The summed E-state index contributed by atoms with van der Waals surface area (Å²) in [6.07, 6.45) is 1.06. The van der Waals surface area contributed by atoms with Gasteiger partial charge in [0, 0.05) is 32.1 Å². The maximum atomic E-state index is 12.5. The number of methoxy groups -OCH3 is 3. The number of piperazine rings is 1. The molecule has 1 saturated heterocycles. The molecule has 6 nitrogen and oxygen atoms in total. The highest BCUT2D eigenvalue weighted by molar-refractivity contribution is 5.77. The van der Waals surface area contributed by atoms with E-state index in [9.17, 15) is 4.79 Å². The van der Waals surface area contributed by atoms with E-state index in [0.717, 1.165) is 25.2 Å². The minimum atomic E-state index is 0.177. The fourth-order valence-electron chi connectivity index (χ4n) is 2.96. The third-order valence-corrected chi connectivity index (χ3v) is 4.22. The Morgan fingerprint density at radius 2 is 1.96 bits per heavy atom. The highest BCUT2D eigenvalue weighted by Crippen LogP contribution is 2.40. The molecule has 1 aromatic carbocycles. The van der Waals surface area contributed by atoms with E-state index in [-0.39, 0.29) is 11.9 Å². The fraction of sp³-hybridized carbons (Fsp3) is 0.588. The van der Waals surface area contributed by atoms with Gasteiger partial charge >= 0.3 is 0 Å². The van der Waals surface area contributed by atoms with Crippen molar-refractivity contribution in [2.75, 3.05) is 41.0 Å². The van der Waals surface area contributed by atoms with Gasteiger partial charge in [-0.1, -0.05) is 6.07 Å². The Balaban J connectivity index is 2.09. The van der Waals surface area contributed by atoms with Crippen LogP contribution in [0, 0.1) is 0 Å². The Morgan fingerprint density at radius 3 is 2.57 bits per heavy atom. The third kappa shape index (κ3) is 3.88. The van der Waals surface area contributed by atoms with Gasteiger partial charge in [-0.2, -0.15) is 0 Å². The summed E-state index contributed by atoms with van der Waals surface area (Å²) in [5.74, 6) is 1.99. The van der Waals surface area contributed by atoms with E-state index in [1.807, 2.05) is 17.0 Å². The van der Waals surface area contributed by atoms with Crippen LogP contribution in [0.25, 0.3) is 0 Å². The summed E-state index contributed by atoms with van der Waals surface area (Å²) in [7, 11) is 4.77. The van der Waals surface area contributed by atoms with Crippen LogP contribution >= 0.6 is 0 Å². The number of ether oxygens (including phenoxy) is 3. The number of amides is 1. The highest BCUT2D eigenvalue weighted by Gasteiger charge is 2.23. The Labute approximate surface area is 137 Å². The fourth-order valence-corrected chi connectivity index (χ4v) is 2.96. The molecule has 0 aliphatic carbocycles. The highest BCUT2D eigenvalue weighted by atomic mass is 16.5. The van der Waals surface area contributed by atoms with Gasteiger partial charge in [0.25, 0.3) is 0 Å². The van der Waals surface area contributed by atoms with Gasteiger partial charge in [0.1, 0.15) is 0 Å². The van der Waals surface area contributed by atoms with E-state index >= 15 is 0 Å². The second kappa shape index (κ2) is 8.06. The normalized spacial score (nSPS) is 17.7. The Kier molecular flexibility index (Phi) is 6.10. The summed E-state index contributed by atoms with van der Waals surface area (Å²) in [5.41, 5.74) is 0.946. The van der Waals surface area contributed by atoms with Gasteiger partial charge in [0.15, 0.2) is 11.5 Å². The number of carbonyl (C=O) groups is 1. The zero-order valence-electron chi connectivity index (χ0n) is 14.3. The summed E-state index contributed by atoms with van der Waals surface area (Å²) in [4.78, 5) is 14.4. The molecule has 23 heavy (non-hydrogen) atoms. The van der Waals surface area contributed by atoms with Crippen LogP contribution in [0.3, 0.4) is 0 Å². The predicted octanol–water partition coefficient (Wildman–Crippen LogP) is 1.47. The number of hydrogen-bond donors (Lipinski definition) is 1. The maximum absolute atomic E-state index is 12.5. The van der Waals surface area contributed by atoms with E-state index in [1.165, 1.54) is 0 Å². The summed E-state index contributed by atoms with van der Waals surface area (Å²) < 4.78 is 16.1. The van der Waals surface area contributed by atoms with Crippen molar-refractivity contribution in [3.8, 4) is 17.2 Å². The lowest BCUT2D eigenvalue weighted by Gasteiger charge is -2.34. The first-order chi connectivity index (χ1) is 11.1. The summed E-state index contributed by atoms with van der Waals surface area (Å²) in [5, 5.41) is 3.29.